The summed E-state index contributed by atoms with van der Waals surface area (Å²) in [5.41, 5.74) is 2.95. The van der Waals surface area contributed by atoms with Gasteiger partial charge in [-0.15, -0.1) is 0 Å². The van der Waals surface area contributed by atoms with E-state index in [4.69, 9.17) is 4.52 Å². The van der Waals surface area contributed by atoms with E-state index in [2.05, 4.69) is 25.8 Å². The molecule has 7 heteroatoms. The number of rotatable bonds is 4. The van der Waals surface area contributed by atoms with Gasteiger partial charge in [-0.25, -0.2) is 9.97 Å². The first-order valence-corrected chi connectivity index (χ1v) is 8.11. The lowest BCUT2D eigenvalue weighted by Crippen LogP contribution is -2.34. The molecular formula is C18H17N5O2. The van der Waals surface area contributed by atoms with E-state index in [-0.39, 0.29) is 5.91 Å². The van der Waals surface area contributed by atoms with Gasteiger partial charge in [-0.05, 0) is 13.3 Å². The van der Waals surface area contributed by atoms with Crippen LogP contribution < -0.4 is 10.6 Å². The summed E-state index contributed by atoms with van der Waals surface area (Å²) in [6.07, 6.45) is 0.688. The standard InChI is InChI=1S/C18H17N5O2/c1-11-9-13(25-23-11)10-20-17-14-7-8-19-18(24)15(14)21-16(22-17)12-5-3-2-4-6-12/h2-6,9H,7-8,10H2,1H3,(H,19,24)(H,20,21,22). The number of anilines is 1. The van der Waals surface area contributed by atoms with Crippen LogP contribution in [0.15, 0.2) is 40.9 Å². The number of aryl methyl sites for hydroxylation is 1. The summed E-state index contributed by atoms with van der Waals surface area (Å²) in [5, 5.41) is 9.99. The second-order valence-electron chi connectivity index (χ2n) is 5.88. The maximum Gasteiger partial charge on any atom is 0.270 e. The highest BCUT2D eigenvalue weighted by atomic mass is 16.5. The van der Waals surface area contributed by atoms with E-state index in [1.54, 1.807) is 0 Å². The van der Waals surface area contributed by atoms with Crippen molar-refractivity contribution in [2.45, 2.75) is 19.9 Å². The smallest absolute Gasteiger partial charge is 0.270 e. The predicted octanol–water partition coefficient (Wildman–Crippen LogP) is 2.34. The van der Waals surface area contributed by atoms with Crippen molar-refractivity contribution < 1.29 is 9.32 Å². The fraction of sp³-hybridized carbons (Fsp3) is 0.222. The van der Waals surface area contributed by atoms with E-state index >= 15 is 0 Å². The van der Waals surface area contributed by atoms with Gasteiger partial charge in [-0.2, -0.15) is 0 Å². The van der Waals surface area contributed by atoms with Gasteiger partial charge >= 0.3 is 0 Å². The summed E-state index contributed by atoms with van der Waals surface area (Å²) in [7, 11) is 0. The molecule has 0 fully saturated rings. The van der Waals surface area contributed by atoms with Crippen LogP contribution in [0.2, 0.25) is 0 Å². The average Bonchev–Trinajstić information content (AvgIpc) is 3.06. The Kier molecular flexibility index (Phi) is 3.89. The molecule has 2 aromatic heterocycles. The quantitative estimate of drug-likeness (QED) is 0.760. The number of carbonyl (C=O) groups excluding carboxylic acids is 1. The molecule has 7 nitrogen and oxygen atoms in total. The minimum absolute atomic E-state index is 0.167. The number of nitrogens with one attached hydrogen (secondary N) is 2. The molecule has 4 rings (SSSR count). The average molecular weight is 335 g/mol. The fourth-order valence-corrected chi connectivity index (χ4v) is 2.83. The molecule has 1 aliphatic rings. The molecule has 0 spiro atoms. The van der Waals surface area contributed by atoms with Crippen LogP contribution in [0.3, 0.4) is 0 Å². The Bertz CT molecular complexity index is 920. The molecule has 0 saturated carbocycles. The zero-order valence-electron chi connectivity index (χ0n) is 13.7. The van der Waals surface area contributed by atoms with E-state index in [1.807, 2.05) is 43.3 Å². The van der Waals surface area contributed by atoms with Crippen molar-refractivity contribution in [2.75, 3.05) is 11.9 Å². The lowest BCUT2D eigenvalue weighted by atomic mass is 10.1. The monoisotopic (exact) mass is 335 g/mol. The predicted molar refractivity (Wildman–Crippen MR) is 92.1 cm³/mol. The highest BCUT2D eigenvalue weighted by Crippen LogP contribution is 2.25. The summed E-state index contributed by atoms with van der Waals surface area (Å²) < 4.78 is 5.23. The summed E-state index contributed by atoms with van der Waals surface area (Å²) in [6.45, 7) is 2.90. The van der Waals surface area contributed by atoms with Gasteiger partial charge in [0.2, 0.25) is 0 Å². The van der Waals surface area contributed by atoms with Crippen molar-refractivity contribution in [3.63, 3.8) is 0 Å². The number of hydrogen-bond acceptors (Lipinski definition) is 6. The summed E-state index contributed by atoms with van der Waals surface area (Å²) in [4.78, 5) is 21.4. The van der Waals surface area contributed by atoms with Crippen molar-refractivity contribution in [3.8, 4) is 11.4 Å². The molecule has 0 bridgehead atoms. The third-order valence-electron chi connectivity index (χ3n) is 4.02. The first kappa shape index (κ1) is 15.3. The topological polar surface area (TPSA) is 92.9 Å². The van der Waals surface area contributed by atoms with Gasteiger partial charge in [-0.1, -0.05) is 35.5 Å². The Morgan fingerprint density at radius 3 is 2.84 bits per heavy atom. The molecule has 25 heavy (non-hydrogen) atoms. The molecule has 2 N–H and O–H groups in total. The third kappa shape index (κ3) is 3.08. The van der Waals surface area contributed by atoms with Crippen LogP contribution in [0.25, 0.3) is 11.4 Å². The maximum absolute atomic E-state index is 12.2. The van der Waals surface area contributed by atoms with Crippen LogP contribution >= 0.6 is 0 Å². The number of fused-ring (bicyclic) bond motifs is 1. The van der Waals surface area contributed by atoms with E-state index in [1.165, 1.54) is 0 Å². The molecule has 1 amide bonds. The number of benzene rings is 1. The molecule has 3 aromatic rings. The number of carbonyl (C=O) groups is 1. The molecule has 0 aliphatic carbocycles. The largest absolute Gasteiger partial charge is 0.362 e. The number of amides is 1. The number of aromatic nitrogens is 3. The molecular weight excluding hydrogens is 318 g/mol. The highest BCUT2D eigenvalue weighted by Gasteiger charge is 2.24. The zero-order valence-corrected chi connectivity index (χ0v) is 13.7. The van der Waals surface area contributed by atoms with Crippen molar-refractivity contribution in [1.29, 1.82) is 0 Å². The van der Waals surface area contributed by atoms with E-state index in [9.17, 15) is 4.79 Å². The SMILES string of the molecule is Cc1cc(CNc2nc(-c3ccccc3)nc3c2CCNC3=O)on1. The van der Waals surface area contributed by atoms with Crippen LogP contribution in [-0.2, 0) is 13.0 Å². The molecule has 1 aliphatic heterocycles. The van der Waals surface area contributed by atoms with E-state index < -0.39 is 0 Å². The lowest BCUT2D eigenvalue weighted by molar-refractivity contribution is 0.0940. The van der Waals surface area contributed by atoms with Crippen LogP contribution in [0.4, 0.5) is 5.82 Å². The second-order valence-corrected chi connectivity index (χ2v) is 5.88. The van der Waals surface area contributed by atoms with Gasteiger partial charge in [-0.3, -0.25) is 4.79 Å². The first-order valence-electron chi connectivity index (χ1n) is 8.11. The Balaban J connectivity index is 1.73. The van der Waals surface area contributed by atoms with Gasteiger partial charge in [0.1, 0.15) is 11.5 Å². The second kappa shape index (κ2) is 6.35. The Labute approximate surface area is 144 Å². The first-order chi connectivity index (χ1) is 12.2. The van der Waals surface area contributed by atoms with Crippen molar-refractivity contribution >= 4 is 11.7 Å². The molecule has 126 valence electrons. The van der Waals surface area contributed by atoms with E-state index in [0.717, 1.165) is 16.8 Å². The zero-order chi connectivity index (χ0) is 17.2. The lowest BCUT2D eigenvalue weighted by Gasteiger charge is -2.19. The highest BCUT2D eigenvalue weighted by molar-refractivity contribution is 5.96. The molecule has 0 radical (unpaired) electrons. The third-order valence-corrected chi connectivity index (χ3v) is 4.02. The molecule has 0 unspecified atom stereocenters. The minimum Gasteiger partial charge on any atom is -0.362 e. The summed E-state index contributed by atoms with van der Waals surface area (Å²) >= 11 is 0. The van der Waals surface area contributed by atoms with Gasteiger partial charge in [0.15, 0.2) is 11.6 Å². The fourth-order valence-electron chi connectivity index (χ4n) is 2.83. The van der Waals surface area contributed by atoms with Crippen LogP contribution in [-0.4, -0.2) is 27.6 Å². The van der Waals surface area contributed by atoms with Crippen molar-refractivity contribution in [1.82, 2.24) is 20.4 Å². The Morgan fingerprint density at radius 1 is 1.24 bits per heavy atom. The van der Waals surface area contributed by atoms with Gasteiger partial charge in [0.05, 0.1) is 12.2 Å². The Hall–Kier alpha value is -3.22. The molecule has 0 atom stereocenters. The number of hydrogen-bond donors (Lipinski definition) is 2. The normalized spacial score (nSPS) is 13.2. The van der Waals surface area contributed by atoms with Crippen molar-refractivity contribution in [2.24, 2.45) is 0 Å². The van der Waals surface area contributed by atoms with Crippen LogP contribution in [0.1, 0.15) is 27.5 Å². The van der Waals surface area contributed by atoms with Gasteiger partial charge < -0.3 is 15.2 Å². The number of nitrogens with zero attached hydrogens (tertiary/aromatic N) is 3. The molecule has 1 aromatic carbocycles. The minimum atomic E-state index is -0.167. The Morgan fingerprint density at radius 2 is 2.08 bits per heavy atom. The van der Waals surface area contributed by atoms with Gasteiger partial charge in [0, 0.05) is 23.7 Å². The van der Waals surface area contributed by atoms with E-state index in [0.29, 0.717) is 42.6 Å². The van der Waals surface area contributed by atoms with Crippen LogP contribution in [0, 0.1) is 6.92 Å². The molecule has 0 saturated heterocycles. The molecule has 3 heterocycles. The summed E-state index contributed by atoms with van der Waals surface area (Å²) in [5.74, 6) is 1.73. The summed E-state index contributed by atoms with van der Waals surface area (Å²) in [6, 6.07) is 11.5. The maximum atomic E-state index is 12.2. The van der Waals surface area contributed by atoms with Crippen molar-refractivity contribution in [3.05, 3.63) is 59.1 Å². The van der Waals surface area contributed by atoms with Crippen LogP contribution in [0.5, 0.6) is 0 Å². The van der Waals surface area contributed by atoms with Gasteiger partial charge in [0.25, 0.3) is 5.91 Å².